The number of nitrogens with one attached hydrogen (secondary N) is 1. The Bertz CT molecular complexity index is 1190. The van der Waals surface area contributed by atoms with Crippen molar-refractivity contribution in [2.75, 3.05) is 18.5 Å². The zero-order chi connectivity index (χ0) is 23.9. The lowest BCUT2D eigenvalue weighted by molar-refractivity contribution is -0.144. The van der Waals surface area contributed by atoms with Gasteiger partial charge in [0.25, 0.3) is 5.91 Å². The monoisotopic (exact) mass is 481 g/mol. The van der Waals surface area contributed by atoms with Crippen LogP contribution in [0.25, 0.3) is 0 Å². The van der Waals surface area contributed by atoms with Crippen molar-refractivity contribution in [1.82, 2.24) is 10.2 Å². The van der Waals surface area contributed by atoms with E-state index in [4.69, 9.17) is 14.2 Å². The molecule has 1 aromatic heterocycles. The molecule has 3 aromatic rings. The molecule has 0 saturated carbocycles. The summed E-state index contributed by atoms with van der Waals surface area (Å²) in [5.41, 5.74) is 2.28. The molecule has 0 atom stereocenters. The van der Waals surface area contributed by atoms with E-state index in [1.807, 2.05) is 24.3 Å². The second-order valence-corrected chi connectivity index (χ2v) is 8.51. The number of fused-ring (bicyclic) bond motifs is 1. The topological polar surface area (TPSA) is 117 Å². The van der Waals surface area contributed by atoms with Gasteiger partial charge in [0.05, 0.1) is 6.42 Å². The molecule has 4 rings (SSSR count). The predicted octanol–water partition coefficient (Wildman–Crippen LogP) is 3.83. The van der Waals surface area contributed by atoms with Gasteiger partial charge in [-0.15, -0.1) is 10.2 Å². The Morgan fingerprint density at radius 2 is 1.76 bits per heavy atom. The average Bonchev–Trinajstić information content (AvgIpc) is 3.35. The second-order valence-electron chi connectivity index (χ2n) is 7.45. The number of benzene rings is 2. The van der Waals surface area contributed by atoms with Crippen LogP contribution in [0.15, 0.2) is 42.5 Å². The first kappa shape index (κ1) is 23.4. The summed E-state index contributed by atoms with van der Waals surface area (Å²) in [5, 5.41) is 11.1. The fourth-order valence-electron chi connectivity index (χ4n) is 3.20. The minimum Gasteiger partial charge on any atom is -0.486 e. The number of esters is 1. The lowest BCUT2D eigenvalue weighted by Gasteiger charge is -2.18. The van der Waals surface area contributed by atoms with E-state index in [0.29, 0.717) is 41.0 Å². The summed E-state index contributed by atoms with van der Waals surface area (Å²) < 4.78 is 16.1. The maximum atomic E-state index is 12.4. The van der Waals surface area contributed by atoms with E-state index < -0.39 is 5.97 Å². The number of hydrogen-bond donors (Lipinski definition) is 1. The Hall–Kier alpha value is -3.79. The highest BCUT2D eigenvalue weighted by atomic mass is 32.1. The van der Waals surface area contributed by atoms with E-state index in [-0.39, 0.29) is 36.1 Å². The number of hydrogen-bond acceptors (Lipinski definition) is 9. The summed E-state index contributed by atoms with van der Waals surface area (Å²) in [6.07, 6.45) is 0.839. The largest absolute Gasteiger partial charge is 0.486 e. The van der Waals surface area contributed by atoms with Crippen molar-refractivity contribution >= 4 is 34.7 Å². The molecule has 0 bridgehead atoms. The zero-order valence-corrected chi connectivity index (χ0v) is 19.4. The summed E-state index contributed by atoms with van der Waals surface area (Å²) in [5.74, 6) is -0.00120. The van der Waals surface area contributed by atoms with Gasteiger partial charge in [-0.2, -0.15) is 0 Å². The van der Waals surface area contributed by atoms with Crippen LogP contribution in [-0.4, -0.2) is 41.1 Å². The van der Waals surface area contributed by atoms with Gasteiger partial charge in [0.2, 0.25) is 5.01 Å². The Kier molecular flexibility index (Phi) is 7.48. The first-order valence-electron chi connectivity index (χ1n) is 10.8. The van der Waals surface area contributed by atoms with Gasteiger partial charge in [-0.05, 0) is 42.3 Å². The Labute approximate surface area is 200 Å². The second kappa shape index (κ2) is 10.9. The van der Waals surface area contributed by atoms with Gasteiger partial charge in [-0.1, -0.05) is 30.4 Å². The number of rotatable bonds is 9. The number of amides is 1. The average molecular weight is 482 g/mol. The van der Waals surface area contributed by atoms with Crippen LogP contribution in [0.3, 0.4) is 0 Å². The first-order valence-corrected chi connectivity index (χ1v) is 11.6. The third-order valence-electron chi connectivity index (χ3n) is 5.06. The van der Waals surface area contributed by atoms with Crippen molar-refractivity contribution < 1.29 is 28.6 Å². The molecule has 0 radical (unpaired) electrons. The van der Waals surface area contributed by atoms with Crippen molar-refractivity contribution in [3.05, 3.63) is 63.6 Å². The number of nitrogens with zero attached hydrogens (tertiary/aromatic N) is 2. The summed E-state index contributed by atoms with van der Waals surface area (Å²) in [7, 11) is 0. The zero-order valence-electron chi connectivity index (χ0n) is 18.5. The molecule has 2 aromatic carbocycles. The molecule has 1 aliphatic heterocycles. The van der Waals surface area contributed by atoms with Crippen LogP contribution in [0.4, 0.5) is 5.69 Å². The SMILES string of the molecule is CCc1ccc(NC(=O)c2nnc(COC(=O)CCC(=O)c3ccc4c(c3)OCCO4)s2)cc1. The molecule has 2 heterocycles. The number of carbonyl (C=O) groups excluding carboxylic acids is 3. The van der Waals surface area contributed by atoms with Crippen LogP contribution in [0.5, 0.6) is 11.5 Å². The Morgan fingerprint density at radius 3 is 2.53 bits per heavy atom. The number of ketones is 1. The number of Topliss-reactive ketones (excluding diaryl/α,β-unsaturated/α-hetero) is 1. The van der Waals surface area contributed by atoms with Gasteiger partial charge in [0.15, 0.2) is 22.3 Å². The standard InChI is InChI=1S/C24H23N3O6S/c1-2-15-3-6-17(7-4-15)25-23(30)24-27-26-21(34-24)14-33-22(29)10-8-18(28)16-5-9-19-20(13-16)32-12-11-31-19/h3-7,9,13H,2,8,10-12,14H2,1H3,(H,25,30). The smallest absolute Gasteiger partial charge is 0.306 e. The minimum atomic E-state index is -0.539. The molecule has 34 heavy (non-hydrogen) atoms. The lowest BCUT2D eigenvalue weighted by Crippen LogP contribution is -2.16. The highest BCUT2D eigenvalue weighted by molar-refractivity contribution is 7.13. The molecule has 0 fully saturated rings. The number of anilines is 1. The maximum absolute atomic E-state index is 12.4. The Morgan fingerprint density at radius 1 is 1.00 bits per heavy atom. The van der Waals surface area contributed by atoms with Crippen LogP contribution in [0.2, 0.25) is 0 Å². The number of ether oxygens (including phenoxy) is 3. The van der Waals surface area contributed by atoms with Crippen molar-refractivity contribution in [2.45, 2.75) is 32.8 Å². The fourth-order valence-corrected chi connectivity index (χ4v) is 3.85. The van der Waals surface area contributed by atoms with Crippen LogP contribution >= 0.6 is 11.3 Å². The quantitative estimate of drug-likeness (QED) is 0.362. The van der Waals surface area contributed by atoms with Crippen LogP contribution in [0, 0.1) is 0 Å². The molecule has 1 aliphatic rings. The minimum absolute atomic E-state index is 0.000919. The third-order valence-corrected chi connectivity index (χ3v) is 5.95. The number of carbonyl (C=O) groups is 3. The van der Waals surface area contributed by atoms with Gasteiger partial charge >= 0.3 is 5.97 Å². The molecule has 0 spiro atoms. The Balaban J connectivity index is 1.22. The van der Waals surface area contributed by atoms with Crippen LogP contribution < -0.4 is 14.8 Å². The molecule has 0 unspecified atom stereocenters. The van der Waals surface area contributed by atoms with E-state index in [1.54, 1.807) is 18.2 Å². The molecule has 1 amide bonds. The van der Waals surface area contributed by atoms with Crippen molar-refractivity contribution in [2.24, 2.45) is 0 Å². The fraction of sp³-hybridized carbons (Fsp3) is 0.292. The molecule has 10 heteroatoms. The highest BCUT2D eigenvalue weighted by Crippen LogP contribution is 2.31. The van der Waals surface area contributed by atoms with Crippen molar-refractivity contribution in [1.29, 1.82) is 0 Å². The van der Waals surface area contributed by atoms with Crippen LogP contribution in [0.1, 0.15) is 50.5 Å². The predicted molar refractivity (Wildman–Crippen MR) is 124 cm³/mol. The molecule has 176 valence electrons. The molecular weight excluding hydrogens is 458 g/mol. The van der Waals surface area contributed by atoms with Crippen molar-refractivity contribution in [3.63, 3.8) is 0 Å². The lowest BCUT2D eigenvalue weighted by atomic mass is 10.1. The van der Waals surface area contributed by atoms with Gasteiger partial charge in [-0.25, -0.2) is 0 Å². The van der Waals surface area contributed by atoms with E-state index in [1.165, 1.54) is 5.56 Å². The normalized spacial score (nSPS) is 12.1. The van der Waals surface area contributed by atoms with Crippen LogP contribution in [-0.2, 0) is 22.6 Å². The summed E-state index contributed by atoms with van der Waals surface area (Å²) in [6, 6.07) is 12.5. The van der Waals surface area contributed by atoms with Crippen molar-refractivity contribution in [3.8, 4) is 11.5 Å². The number of aromatic nitrogens is 2. The van der Waals surface area contributed by atoms with E-state index >= 15 is 0 Å². The number of aryl methyl sites for hydroxylation is 1. The maximum Gasteiger partial charge on any atom is 0.306 e. The molecule has 9 nitrogen and oxygen atoms in total. The molecule has 1 N–H and O–H groups in total. The molecular formula is C24H23N3O6S. The third kappa shape index (κ3) is 5.96. The van der Waals surface area contributed by atoms with Gasteiger partial charge in [-0.3, -0.25) is 14.4 Å². The van der Waals surface area contributed by atoms with E-state index in [9.17, 15) is 14.4 Å². The molecule has 0 saturated heterocycles. The summed E-state index contributed by atoms with van der Waals surface area (Å²) >= 11 is 1.04. The first-order chi connectivity index (χ1) is 16.5. The van der Waals surface area contributed by atoms with Gasteiger partial charge in [0, 0.05) is 17.7 Å². The van der Waals surface area contributed by atoms with Gasteiger partial charge in [0.1, 0.15) is 19.8 Å². The summed E-state index contributed by atoms with van der Waals surface area (Å²) in [6.45, 7) is 2.84. The van der Waals surface area contributed by atoms with E-state index in [2.05, 4.69) is 22.4 Å². The summed E-state index contributed by atoms with van der Waals surface area (Å²) in [4.78, 5) is 36.8. The van der Waals surface area contributed by atoms with Gasteiger partial charge < -0.3 is 19.5 Å². The molecule has 0 aliphatic carbocycles. The van der Waals surface area contributed by atoms with E-state index in [0.717, 1.165) is 17.8 Å². The highest BCUT2D eigenvalue weighted by Gasteiger charge is 2.17.